The Kier molecular flexibility index (Phi) is 5.38. The minimum atomic E-state index is -4.55. The van der Waals surface area contributed by atoms with Crippen LogP contribution < -0.4 is 15.1 Å². The molecular formula is C21H20F3N3O3. The molecule has 0 radical (unpaired) electrons. The summed E-state index contributed by atoms with van der Waals surface area (Å²) >= 11 is 0. The molecule has 9 heteroatoms. The Labute approximate surface area is 171 Å². The zero-order valence-electron chi connectivity index (χ0n) is 16.0. The smallest absolute Gasteiger partial charge is 0.378 e. The second-order valence-electron chi connectivity index (χ2n) is 7.16. The number of hydrogen-bond donors (Lipinski definition) is 1. The topological polar surface area (TPSA) is 61.9 Å². The van der Waals surface area contributed by atoms with Gasteiger partial charge in [0.05, 0.1) is 30.9 Å². The second kappa shape index (κ2) is 7.98. The molecular weight excluding hydrogens is 399 g/mol. The summed E-state index contributed by atoms with van der Waals surface area (Å²) in [7, 11) is 0. The van der Waals surface area contributed by atoms with Crippen molar-refractivity contribution in [3.8, 4) is 0 Å². The van der Waals surface area contributed by atoms with E-state index in [4.69, 9.17) is 4.74 Å². The molecule has 2 aromatic rings. The average Bonchev–Trinajstić information content (AvgIpc) is 3.01. The molecule has 0 spiro atoms. The van der Waals surface area contributed by atoms with Gasteiger partial charge in [0.2, 0.25) is 5.91 Å². The molecule has 2 fully saturated rings. The summed E-state index contributed by atoms with van der Waals surface area (Å²) in [6, 6.07) is 10.9. The van der Waals surface area contributed by atoms with Crippen LogP contribution in [-0.2, 0) is 20.5 Å². The average molecular weight is 419 g/mol. The molecule has 2 amide bonds. The van der Waals surface area contributed by atoms with E-state index in [0.29, 0.717) is 18.9 Å². The van der Waals surface area contributed by atoms with Crippen molar-refractivity contribution in [2.75, 3.05) is 41.4 Å². The molecule has 0 aromatic heterocycles. The SMILES string of the molecule is O=C1C[C@H](Nc2ccc(N3CCOCC3)cc2)C(=O)N1c1cccc(C(F)(F)F)c1. The molecule has 2 saturated heterocycles. The number of morpholine rings is 1. The zero-order valence-corrected chi connectivity index (χ0v) is 16.0. The molecule has 2 aliphatic heterocycles. The highest BCUT2D eigenvalue weighted by Gasteiger charge is 2.40. The number of anilines is 3. The number of alkyl halides is 3. The van der Waals surface area contributed by atoms with E-state index < -0.39 is 29.6 Å². The number of amides is 2. The van der Waals surface area contributed by atoms with Gasteiger partial charge in [-0.1, -0.05) is 6.07 Å². The van der Waals surface area contributed by atoms with Gasteiger partial charge >= 0.3 is 6.18 Å². The van der Waals surface area contributed by atoms with Gasteiger partial charge in [0.15, 0.2) is 0 Å². The van der Waals surface area contributed by atoms with Crippen molar-refractivity contribution in [3.05, 3.63) is 54.1 Å². The van der Waals surface area contributed by atoms with Crippen LogP contribution >= 0.6 is 0 Å². The standard InChI is InChI=1S/C21H20F3N3O3/c22-21(23,24)14-2-1-3-17(12-14)27-19(28)13-18(20(27)29)25-15-4-6-16(7-5-15)26-8-10-30-11-9-26/h1-7,12,18,25H,8-11,13H2/t18-/m0/s1. The lowest BCUT2D eigenvalue weighted by atomic mass is 10.2. The monoisotopic (exact) mass is 419 g/mol. The fourth-order valence-electron chi connectivity index (χ4n) is 3.63. The predicted octanol–water partition coefficient (Wildman–Crippen LogP) is 3.29. The van der Waals surface area contributed by atoms with Gasteiger partial charge in [-0.05, 0) is 42.5 Å². The third-order valence-corrected chi connectivity index (χ3v) is 5.16. The summed E-state index contributed by atoms with van der Waals surface area (Å²) in [6.45, 7) is 2.94. The lowest BCUT2D eigenvalue weighted by Crippen LogP contribution is -2.36. The summed E-state index contributed by atoms with van der Waals surface area (Å²) in [5, 5.41) is 3.02. The van der Waals surface area contributed by atoms with Crippen molar-refractivity contribution < 1.29 is 27.5 Å². The first-order valence-corrected chi connectivity index (χ1v) is 9.56. The number of rotatable bonds is 4. The molecule has 2 aromatic carbocycles. The molecule has 0 aliphatic carbocycles. The lowest BCUT2D eigenvalue weighted by molar-refractivity contribution is -0.137. The van der Waals surface area contributed by atoms with Crippen LogP contribution in [0.15, 0.2) is 48.5 Å². The number of ether oxygens (including phenoxy) is 1. The van der Waals surface area contributed by atoms with Gasteiger partial charge in [0.1, 0.15) is 6.04 Å². The largest absolute Gasteiger partial charge is 0.416 e. The third-order valence-electron chi connectivity index (χ3n) is 5.16. The molecule has 6 nitrogen and oxygen atoms in total. The lowest BCUT2D eigenvalue weighted by Gasteiger charge is -2.29. The van der Waals surface area contributed by atoms with Gasteiger partial charge in [-0.3, -0.25) is 9.59 Å². The first kappa shape index (κ1) is 20.2. The quantitative estimate of drug-likeness (QED) is 0.771. The molecule has 1 atom stereocenters. The van der Waals surface area contributed by atoms with Crippen LogP contribution in [0.1, 0.15) is 12.0 Å². The molecule has 158 valence electrons. The Bertz CT molecular complexity index is 941. The summed E-state index contributed by atoms with van der Waals surface area (Å²) in [5.41, 5.74) is 0.704. The van der Waals surface area contributed by atoms with Crippen LogP contribution in [0.5, 0.6) is 0 Å². The number of carbonyl (C=O) groups excluding carboxylic acids is 2. The Morgan fingerprint density at radius 3 is 2.33 bits per heavy atom. The van der Waals surface area contributed by atoms with Crippen LogP contribution in [-0.4, -0.2) is 44.2 Å². The number of benzene rings is 2. The summed E-state index contributed by atoms with van der Waals surface area (Å²) in [5.74, 6) is -1.11. The Hall–Kier alpha value is -3.07. The minimum absolute atomic E-state index is 0.0770. The summed E-state index contributed by atoms with van der Waals surface area (Å²) in [6.07, 6.45) is -4.68. The van der Waals surface area contributed by atoms with Crippen molar-refractivity contribution >= 4 is 28.9 Å². The zero-order chi connectivity index (χ0) is 21.3. The highest BCUT2D eigenvalue weighted by Crippen LogP contribution is 2.33. The number of hydrogen-bond acceptors (Lipinski definition) is 5. The normalized spacial score (nSPS) is 20.0. The number of nitrogens with zero attached hydrogens (tertiary/aromatic N) is 2. The number of imide groups is 1. The van der Waals surface area contributed by atoms with E-state index in [1.165, 1.54) is 12.1 Å². The first-order valence-electron chi connectivity index (χ1n) is 9.56. The third kappa shape index (κ3) is 4.11. The van der Waals surface area contributed by atoms with Crippen molar-refractivity contribution in [3.63, 3.8) is 0 Å². The maximum Gasteiger partial charge on any atom is 0.416 e. The molecule has 2 aliphatic rings. The Morgan fingerprint density at radius 1 is 0.967 bits per heavy atom. The molecule has 0 bridgehead atoms. The van der Waals surface area contributed by atoms with Crippen LogP contribution in [0.25, 0.3) is 0 Å². The second-order valence-corrected chi connectivity index (χ2v) is 7.16. The summed E-state index contributed by atoms with van der Waals surface area (Å²) in [4.78, 5) is 28.1. The van der Waals surface area contributed by atoms with E-state index in [9.17, 15) is 22.8 Å². The first-order chi connectivity index (χ1) is 14.3. The highest BCUT2D eigenvalue weighted by molar-refractivity contribution is 6.23. The van der Waals surface area contributed by atoms with Gasteiger partial charge in [-0.15, -0.1) is 0 Å². The van der Waals surface area contributed by atoms with E-state index >= 15 is 0 Å². The number of nitrogens with one attached hydrogen (secondary N) is 1. The maximum atomic E-state index is 13.0. The van der Waals surface area contributed by atoms with E-state index in [-0.39, 0.29) is 12.1 Å². The van der Waals surface area contributed by atoms with E-state index in [1.54, 1.807) is 0 Å². The fourth-order valence-corrected chi connectivity index (χ4v) is 3.63. The molecule has 1 N–H and O–H groups in total. The van der Waals surface area contributed by atoms with Crippen LogP contribution in [0.2, 0.25) is 0 Å². The van der Waals surface area contributed by atoms with Crippen LogP contribution in [0, 0.1) is 0 Å². The molecule has 30 heavy (non-hydrogen) atoms. The van der Waals surface area contributed by atoms with E-state index in [2.05, 4.69) is 10.2 Å². The molecule has 0 saturated carbocycles. The maximum absolute atomic E-state index is 13.0. The highest BCUT2D eigenvalue weighted by atomic mass is 19.4. The Morgan fingerprint density at radius 2 is 1.67 bits per heavy atom. The van der Waals surface area contributed by atoms with Gasteiger partial charge in [-0.25, -0.2) is 4.90 Å². The number of carbonyl (C=O) groups is 2. The van der Waals surface area contributed by atoms with Gasteiger partial charge in [0.25, 0.3) is 5.91 Å². The van der Waals surface area contributed by atoms with Crippen LogP contribution in [0.3, 0.4) is 0 Å². The van der Waals surface area contributed by atoms with E-state index in [1.807, 2.05) is 24.3 Å². The Balaban J connectivity index is 1.47. The van der Waals surface area contributed by atoms with Crippen molar-refractivity contribution in [2.24, 2.45) is 0 Å². The van der Waals surface area contributed by atoms with Gasteiger partial charge in [-0.2, -0.15) is 13.2 Å². The number of halogens is 3. The van der Waals surface area contributed by atoms with Gasteiger partial charge < -0.3 is 15.0 Å². The molecule has 4 rings (SSSR count). The predicted molar refractivity (Wildman–Crippen MR) is 105 cm³/mol. The van der Waals surface area contributed by atoms with Crippen molar-refractivity contribution in [1.29, 1.82) is 0 Å². The van der Waals surface area contributed by atoms with Crippen molar-refractivity contribution in [1.82, 2.24) is 0 Å². The van der Waals surface area contributed by atoms with Crippen LogP contribution in [0.4, 0.5) is 30.2 Å². The van der Waals surface area contributed by atoms with Gasteiger partial charge in [0, 0.05) is 24.5 Å². The fraction of sp³-hybridized carbons (Fsp3) is 0.333. The summed E-state index contributed by atoms with van der Waals surface area (Å²) < 4.78 is 44.2. The van der Waals surface area contributed by atoms with Crippen molar-refractivity contribution in [2.45, 2.75) is 18.6 Å². The molecule has 0 unspecified atom stereocenters. The minimum Gasteiger partial charge on any atom is -0.378 e. The molecule has 2 heterocycles. The van der Waals surface area contributed by atoms with E-state index in [0.717, 1.165) is 35.8 Å².